The highest BCUT2D eigenvalue weighted by molar-refractivity contribution is 9.10. The van der Waals surface area contributed by atoms with Crippen molar-refractivity contribution in [2.75, 3.05) is 5.32 Å². The van der Waals surface area contributed by atoms with Crippen molar-refractivity contribution in [3.05, 3.63) is 44.2 Å². The maximum Gasteiger partial charge on any atom is 0.256 e. The zero-order chi connectivity index (χ0) is 19.3. The molecule has 0 spiro atoms. The summed E-state index contributed by atoms with van der Waals surface area (Å²) in [6.45, 7) is 6.97. The number of phenols is 1. The minimum atomic E-state index is -0.425. The van der Waals surface area contributed by atoms with Gasteiger partial charge in [0, 0.05) is 14.9 Å². The number of phenolic OH excluding ortho intramolecular Hbond substituents is 1. The first-order chi connectivity index (χ1) is 12.8. The van der Waals surface area contributed by atoms with Crippen LogP contribution in [-0.4, -0.2) is 11.0 Å². The quantitative estimate of drug-likeness (QED) is 0.571. The van der Waals surface area contributed by atoms with Gasteiger partial charge in [0.15, 0.2) is 0 Å². The summed E-state index contributed by atoms with van der Waals surface area (Å²) in [5.74, 6) is 0.785. The number of anilines is 1. The topological polar surface area (TPSA) is 61.4 Å². The summed E-state index contributed by atoms with van der Waals surface area (Å²) in [5, 5.41) is 17.6. The number of aromatic hydroxyl groups is 1. The normalized spacial score (nSPS) is 21.9. The van der Waals surface area contributed by atoms with E-state index in [2.05, 4.69) is 47.3 Å². The Balaban J connectivity index is 1.66. The molecule has 2 atom stereocenters. The van der Waals surface area contributed by atoms with Crippen LogP contribution in [0, 0.1) is 11.3 Å². The molecular formula is C21H25BrN2O2S. The van der Waals surface area contributed by atoms with Gasteiger partial charge >= 0.3 is 0 Å². The molecule has 1 amide bonds. The Morgan fingerprint density at radius 3 is 2.85 bits per heavy atom. The molecule has 2 heterocycles. The minimum Gasteiger partial charge on any atom is -0.508 e. The van der Waals surface area contributed by atoms with Gasteiger partial charge in [0.1, 0.15) is 16.9 Å². The molecule has 0 saturated carbocycles. The minimum absolute atomic E-state index is 0.0428. The van der Waals surface area contributed by atoms with Gasteiger partial charge in [0.2, 0.25) is 0 Å². The van der Waals surface area contributed by atoms with Crippen molar-refractivity contribution < 1.29 is 9.90 Å². The van der Waals surface area contributed by atoms with Crippen LogP contribution in [0.25, 0.3) is 0 Å². The molecule has 0 bridgehead atoms. The number of hydrogen-bond acceptors (Lipinski definition) is 4. The molecule has 4 nitrogen and oxygen atoms in total. The predicted molar refractivity (Wildman–Crippen MR) is 114 cm³/mol. The molecule has 1 aromatic heterocycles. The highest BCUT2D eigenvalue weighted by Gasteiger charge is 2.37. The number of carbonyl (C=O) groups excluding carboxylic acids is 1. The number of hydrogen-bond donors (Lipinski definition) is 3. The molecule has 6 heteroatoms. The number of benzene rings is 1. The fourth-order valence-corrected chi connectivity index (χ4v) is 5.90. The van der Waals surface area contributed by atoms with E-state index in [0.717, 1.165) is 34.3 Å². The summed E-state index contributed by atoms with van der Waals surface area (Å²) >= 11 is 5.15. The zero-order valence-corrected chi connectivity index (χ0v) is 18.3. The van der Waals surface area contributed by atoms with E-state index in [1.165, 1.54) is 16.9 Å². The second-order valence-corrected chi connectivity index (χ2v) is 10.3. The molecule has 0 fully saturated rings. The SMILES string of the molecule is CCC(C)(C)[C@H]1CCc2c(sc3c2C(=O)N[C@H](c2cc(Br)ccc2O)N3)C1. The van der Waals surface area contributed by atoms with E-state index in [0.29, 0.717) is 16.9 Å². The number of carbonyl (C=O) groups is 1. The molecule has 3 N–H and O–H groups in total. The van der Waals surface area contributed by atoms with E-state index in [1.807, 2.05) is 6.07 Å². The van der Waals surface area contributed by atoms with Gasteiger partial charge in [0.25, 0.3) is 5.91 Å². The zero-order valence-electron chi connectivity index (χ0n) is 15.9. The van der Waals surface area contributed by atoms with Crippen LogP contribution in [0.4, 0.5) is 5.00 Å². The largest absolute Gasteiger partial charge is 0.508 e. The van der Waals surface area contributed by atoms with Crippen LogP contribution >= 0.6 is 27.3 Å². The lowest BCUT2D eigenvalue weighted by molar-refractivity contribution is 0.0934. The van der Waals surface area contributed by atoms with E-state index in [-0.39, 0.29) is 11.7 Å². The van der Waals surface area contributed by atoms with Crippen LogP contribution in [0.1, 0.15) is 66.1 Å². The molecule has 1 aliphatic carbocycles. The van der Waals surface area contributed by atoms with Crippen molar-refractivity contribution in [3.63, 3.8) is 0 Å². The molecule has 0 radical (unpaired) electrons. The highest BCUT2D eigenvalue weighted by atomic mass is 79.9. The first-order valence-corrected chi connectivity index (χ1v) is 11.1. The lowest BCUT2D eigenvalue weighted by Gasteiger charge is -2.36. The molecule has 27 heavy (non-hydrogen) atoms. The number of rotatable bonds is 3. The van der Waals surface area contributed by atoms with Crippen molar-refractivity contribution in [2.45, 2.75) is 52.6 Å². The van der Waals surface area contributed by atoms with Crippen LogP contribution in [0.2, 0.25) is 0 Å². The highest BCUT2D eigenvalue weighted by Crippen LogP contribution is 2.47. The van der Waals surface area contributed by atoms with Gasteiger partial charge in [0.05, 0.1) is 5.56 Å². The summed E-state index contributed by atoms with van der Waals surface area (Å²) in [6.07, 6.45) is 3.90. The Bertz CT molecular complexity index is 906. The lowest BCUT2D eigenvalue weighted by Crippen LogP contribution is -2.38. The Labute approximate surface area is 172 Å². The van der Waals surface area contributed by atoms with E-state index < -0.39 is 6.17 Å². The van der Waals surface area contributed by atoms with Gasteiger partial charge in [-0.2, -0.15) is 0 Å². The third-order valence-electron chi connectivity index (χ3n) is 6.36. The molecule has 0 unspecified atom stereocenters. The molecule has 1 aliphatic heterocycles. The predicted octanol–water partition coefficient (Wildman–Crippen LogP) is 5.61. The van der Waals surface area contributed by atoms with Gasteiger partial charge in [-0.25, -0.2) is 0 Å². The van der Waals surface area contributed by atoms with Crippen molar-refractivity contribution in [1.82, 2.24) is 5.32 Å². The number of thiophene rings is 1. The Kier molecular flexibility index (Phi) is 4.75. The maximum atomic E-state index is 12.9. The average molecular weight is 449 g/mol. The Morgan fingerprint density at radius 2 is 2.11 bits per heavy atom. The van der Waals surface area contributed by atoms with Crippen LogP contribution in [0.5, 0.6) is 5.75 Å². The van der Waals surface area contributed by atoms with Gasteiger partial charge in [-0.1, -0.05) is 43.1 Å². The fraction of sp³-hybridized carbons (Fsp3) is 0.476. The van der Waals surface area contributed by atoms with Crippen molar-refractivity contribution >= 4 is 38.2 Å². The molecular weight excluding hydrogens is 424 g/mol. The van der Waals surface area contributed by atoms with Crippen molar-refractivity contribution in [3.8, 4) is 5.75 Å². The van der Waals surface area contributed by atoms with Crippen LogP contribution in [0.3, 0.4) is 0 Å². The fourth-order valence-electron chi connectivity index (χ4n) is 4.17. The van der Waals surface area contributed by atoms with Crippen LogP contribution in [-0.2, 0) is 12.8 Å². The molecule has 1 aromatic carbocycles. The molecule has 2 aromatic rings. The molecule has 2 aliphatic rings. The third-order valence-corrected chi connectivity index (χ3v) is 8.04. The van der Waals surface area contributed by atoms with E-state index in [4.69, 9.17) is 0 Å². The standard InChI is InChI=1S/C21H25BrN2O2S/c1-4-21(2,3)11-5-7-13-16(9-11)27-20-17(13)19(26)23-18(24-20)14-10-12(22)6-8-15(14)25/h6,8,10-11,18,24-25H,4-5,7,9H2,1-3H3,(H,23,26)/t11-,18-/m0/s1. The summed E-state index contributed by atoms with van der Waals surface area (Å²) < 4.78 is 0.868. The van der Waals surface area contributed by atoms with Gasteiger partial charge in [-0.15, -0.1) is 11.3 Å². The number of nitrogens with one attached hydrogen (secondary N) is 2. The van der Waals surface area contributed by atoms with Crippen LogP contribution < -0.4 is 10.6 Å². The number of halogens is 1. The second kappa shape index (κ2) is 6.82. The summed E-state index contributed by atoms with van der Waals surface area (Å²) in [5.41, 5.74) is 3.02. The monoisotopic (exact) mass is 448 g/mol. The van der Waals surface area contributed by atoms with Crippen molar-refractivity contribution in [1.29, 1.82) is 0 Å². The molecule has 0 saturated heterocycles. The summed E-state index contributed by atoms with van der Waals surface area (Å²) in [4.78, 5) is 14.2. The van der Waals surface area contributed by atoms with Crippen molar-refractivity contribution in [2.24, 2.45) is 11.3 Å². The smallest absolute Gasteiger partial charge is 0.256 e. The summed E-state index contributed by atoms with van der Waals surface area (Å²) in [7, 11) is 0. The van der Waals surface area contributed by atoms with E-state index in [9.17, 15) is 9.90 Å². The first-order valence-electron chi connectivity index (χ1n) is 9.50. The number of amides is 1. The summed E-state index contributed by atoms with van der Waals surface area (Å²) in [6, 6.07) is 5.26. The third kappa shape index (κ3) is 3.27. The molecule has 4 rings (SSSR count). The molecule has 144 valence electrons. The number of fused-ring (bicyclic) bond motifs is 3. The van der Waals surface area contributed by atoms with E-state index in [1.54, 1.807) is 23.5 Å². The first kappa shape index (κ1) is 18.8. The maximum absolute atomic E-state index is 12.9. The lowest BCUT2D eigenvalue weighted by atomic mass is 9.69. The second-order valence-electron chi connectivity index (χ2n) is 8.24. The van der Waals surface area contributed by atoms with Gasteiger partial charge < -0.3 is 15.7 Å². The van der Waals surface area contributed by atoms with Gasteiger partial charge in [-0.3, -0.25) is 4.79 Å². The van der Waals surface area contributed by atoms with Gasteiger partial charge in [-0.05, 0) is 54.4 Å². The van der Waals surface area contributed by atoms with E-state index >= 15 is 0 Å². The Morgan fingerprint density at radius 1 is 1.33 bits per heavy atom. The van der Waals surface area contributed by atoms with Crippen LogP contribution in [0.15, 0.2) is 22.7 Å². The Hall–Kier alpha value is -1.53. The average Bonchev–Trinajstić information content (AvgIpc) is 3.01.